The lowest BCUT2D eigenvalue weighted by atomic mass is 10.1. The van der Waals surface area contributed by atoms with Gasteiger partial charge >= 0.3 is 0 Å². The highest BCUT2D eigenvalue weighted by Gasteiger charge is 2.07. The van der Waals surface area contributed by atoms with Crippen LogP contribution in [0.2, 0.25) is 0 Å². The van der Waals surface area contributed by atoms with Gasteiger partial charge in [-0.3, -0.25) is 0 Å². The van der Waals surface area contributed by atoms with E-state index in [0.29, 0.717) is 6.54 Å². The van der Waals surface area contributed by atoms with Crippen LogP contribution in [0, 0.1) is 0 Å². The Balaban J connectivity index is 2.79. The molecule has 0 fully saturated rings. The summed E-state index contributed by atoms with van der Waals surface area (Å²) in [5.41, 5.74) is 2.43. The Labute approximate surface area is 112 Å². The van der Waals surface area contributed by atoms with E-state index in [0.717, 1.165) is 24.0 Å². The molecule has 0 unspecified atom stereocenters. The highest BCUT2D eigenvalue weighted by Crippen LogP contribution is 2.23. The predicted octanol–water partition coefficient (Wildman–Crippen LogP) is 2.38. The van der Waals surface area contributed by atoms with Crippen LogP contribution in [0.5, 0.6) is 0 Å². The number of halogens is 1. The van der Waals surface area contributed by atoms with Crippen LogP contribution in [0.4, 0.5) is 5.69 Å². The van der Waals surface area contributed by atoms with Crippen molar-refractivity contribution < 1.29 is 5.11 Å². The number of hydrogen-bond acceptors (Lipinski definition) is 3. The van der Waals surface area contributed by atoms with Gasteiger partial charge in [-0.2, -0.15) is 0 Å². The number of aliphatic hydroxyl groups excluding tert-OH is 1. The smallest absolute Gasteiger partial charge is 0.0606 e. The highest BCUT2D eigenvalue weighted by molar-refractivity contribution is 9.10. The van der Waals surface area contributed by atoms with E-state index in [4.69, 9.17) is 5.11 Å². The average molecular weight is 301 g/mol. The summed E-state index contributed by atoms with van der Waals surface area (Å²) in [6.45, 7) is 4.87. The first-order chi connectivity index (χ1) is 8.19. The number of aliphatic hydroxyl groups is 1. The van der Waals surface area contributed by atoms with Crippen LogP contribution in [0.1, 0.15) is 18.9 Å². The first-order valence-corrected chi connectivity index (χ1v) is 6.79. The fourth-order valence-electron chi connectivity index (χ4n) is 1.74. The molecule has 0 aliphatic carbocycles. The van der Waals surface area contributed by atoms with Gasteiger partial charge in [-0.15, -0.1) is 0 Å². The quantitative estimate of drug-likeness (QED) is 0.759. The molecule has 0 spiro atoms. The third-order valence-corrected chi connectivity index (χ3v) is 3.12. The maximum Gasteiger partial charge on any atom is 0.0606 e. The van der Waals surface area contributed by atoms with E-state index in [1.807, 2.05) is 13.1 Å². The summed E-state index contributed by atoms with van der Waals surface area (Å²) in [4.78, 5) is 2.08. The molecule has 0 heterocycles. The number of benzene rings is 1. The van der Waals surface area contributed by atoms with Gasteiger partial charge in [0.25, 0.3) is 0 Å². The van der Waals surface area contributed by atoms with E-state index in [9.17, 15) is 0 Å². The lowest BCUT2D eigenvalue weighted by Crippen LogP contribution is -2.24. The molecule has 0 aliphatic heterocycles. The van der Waals surface area contributed by atoms with Gasteiger partial charge in [0.2, 0.25) is 0 Å². The monoisotopic (exact) mass is 300 g/mol. The van der Waals surface area contributed by atoms with Crippen molar-refractivity contribution in [2.24, 2.45) is 0 Å². The topological polar surface area (TPSA) is 35.5 Å². The zero-order chi connectivity index (χ0) is 12.7. The van der Waals surface area contributed by atoms with Crippen LogP contribution in [0.3, 0.4) is 0 Å². The zero-order valence-electron chi connectivity index (χ0n) is 10.5. The molecule has 0 saturated heterocycles. The Morgan fingerprint density at radius 3 is 2.82 bits per heavy atom. The lowest BCUT2D eigenvalue weighted by Gasteiger charge is -2.22. The summed E-state index contributed by atoms with van der Waals surface area (Å²) in [6.07, 6.45) is 1.13. The molecule has 0 aliphatic rings. The molecular weight excluding hydrogens is 280 g/mol. The second-order valence-corrected chi connectivity index (χ2v) is 5.01. The van der Waals surface area contributed by atoms with Crippen LogP contribution < -0.4 is 10.2 Å². The maximum atomic E-state index is 8.99. The molecule has 0 atom stereocenters. The Morgan fingerprint density at radius 1 is 1.41 bits per heavy atom. The zero-order valence-corrected chi connectivity index (χ0v) is 12.1. The highest BCUT2D eigenvalue weighted by atomic mass is 79.9. The van der Waals surface area contributed by atoms with Crippen molar-refractivity contribution in [1.82, 2.24) is 5.32 Å². The minimum Gasteiger partial charge on any atom is -0.395 e. The summed E-state index contributed by atoms with van der Waals surface area (Å²) in [7, 11) is 2.00. The molecule has 2 N–H and O–H groups in total. The largest absolute Gasteiger partial charge is 0.395 e. The molecule has 0 bridgehead atoms. The molecule has 3 nitrogen and oxygen atoms in total. The number of rotatable bonds is 7. The van der Waals surface area contributed by atoms with E-state index in [1.54, 1.807) is 0 Å². The standard InChI is InChI=1S/C13H21BrN2O/c1-3-6-15-10-11-9-12(14)4-5-13(11)16(2)7-8-17/h4-5,9,15,17H,3,6-8,10H2,1-2H3. The average Bonchev–Trinajstić information content (AvgIpc) is 2.30. The minimum absolute atomic E-state index is 0.175. The molecule has 4 heteroatoms. The van der Waals surface area contributed by atoms with Crippen LogP contribution in [-0.4, -0.2) is 31.9 Å². The number of nitrogens with one attached hydrogen (secondary N) is 1. The molecular formula is C13H21BrN2O. The summed E-state index contributed by atoms with van der Waals surface area (Å²) < 4.78 is 1.09. The molecule has 17 heavy (non-hydrogen) atoms. The molecule has 0 amide bonds. The van der Waals surface area contributed by atoms with E-state index in [2.05, 4.69) is 45.2 Å². The van der Waals surface area contributed by atoms with Gasteiger partial charge < -0.3 is 15.3 Å². The van der Waals surface area contributed by atoms with Crippen molar-refractivity contribution in [3.05, 3.63) is 28.2 Å². The molecule has 0 radical (unpaired) electrons. The van der Waals surface area contributed by atoms with Crippen molar-refractivity contribution in [3.63, 3.8) is 0 Å². The summed E-state index contributed by atoms with van der Waals surface area (Å²) in [5.74, 6) is 0. The third-order valence-electron chi connectivity index (χ3n) is 2.63. The van der Waals surface area contributed by atoms with Gasteiger partial charge in [0.05, 0.1) is 6.61 Å². The number of hydrogen-bond donors (Lipinski definition) is 2. The van der Waals surface area contributed by atoms with E-state index >= 15 is 0 Å². The van der Waals surface area contributed by atoms with E-state index in [1.165, 1.54) is 11.3 Å². The normalized spacial score (nSPS) is 10.6. The Morgan fingerprint density at radius 2 is 2.18 bits per heavy atom. The van der Waals surface area contributed by atoms with Crippen LogP contribution in [0.15, 0.2) is 22.7 Å². The van der Waals surface area contributed by atoms with Crippen molar-refractivity contribution in [1.29, 1.82) is 0 Å². The summed E-state index contributed by atoms with van der Waals surface area (Å²) in [5, 5.41) is 12.4. The molecule has 1 aromatic carbocycles. The maximum absolute atomic E-state index is 8.99. The van der Waals surface area contributed by atoms with Crippen molar-refractivity contribution in [2.45, 2.75) is 19.9 Å². The van der Waals surface area contributed by atoms with Crippen LogP contribution in [-0.2, 0) is 6.54 Å². The van der Waals surface area contributed by atoms with Gasteiger partial charge in [-0.1, -0.05) is 22.9 Å². The number of anilines is 1. The van der Waals surface area contributed by atoms with Gasteiger partial charge in [0, 0.05) is 30.3 Å². The van der Waals surface area contributed by atoms with Gasteiger partial charge in [-0.05, 0) is 36.7 Å². The van der Waals surface area contributed by atoms with Crippen molar-refractivity contribution >= 4 is 21.6 Å². The fraction of sp³-hybridized carbons (Fsp3) is 0.538. The molecule has 0 saturated carbocycles. The SMILES string of the molecule is CCCNCc1cc(Br)ccc1N(C)CCO. The van der Waals surface area contributed by atoms with Gasteiger partial charge in [0.1, 0.15) is 0 Å². The Bertz CT molecular complexity index is 344. The second kappa shape index (κ2) is 7.69. The Kier molecular flexibility index (Phi) is 6.55. The minimum atomic E-state index is 0.175. The summed E-state index contributed by atoms with van der Waals surface area (Å²) >= 11 is 3.50. The number of nitrogens with zero attached hydrogens (tertiary/aromatic N) is 1. The van der Waals surface area contributed by atoms with E-state index in [-0.39, 0.29) is 6.61 Å². The predicted molar refractivity (Wildman–Crippen MR) is 76.5 cm³/mol. The van der Waals surface area contributed by atoms with Gasteiger partial charge in [-0.25, -0.2) is 0 Å². The van der Waals surface area contributed by atoms with Crippen molar-refractivity contribution in [3.8, 4) is 0 Å². The first-order valence-electron chi connectivity index (χ1n) is 6.00. The first kappa shape index (κ1) is 14.5. The Hall–Kier alpha value is -0.580. The number of likely N-dealkylation sites (N-methyl/N-ethyl adjacent to an activating group) is 1. The summed E-state index contributed by atoms with van der Waals surface area (Å²) in [6, 6.07) is 6.25. The van der Waals surface area contributed by atoms with Crippen molar-refractivity contribution in [2.75, 3.05) is 31.6 Å². The van der Waals surface area contributed by atoms with Gasteiger partial charge in [0.15, 0.2) is 0 Å². The molecule has 1 rings (SSSR count). The molecule has 0 aromatic heterocycles. The van der Waals surface area contributed by atoms with Crippen LogP contribution >= 0.6 is 15.9 Å². The third kappa shape index (κ3) is 4.66. The van der Waals surface area contributed by atoms with E-state index < -0.39 is 0 Å². The van der Waals surface area contributed by atoms with Crippen LogP contribution in [0.25, 0.3) is 0 Å². The lowest BCUT2D eigenvalue weighted by molar-refractivity contribution is 0.304. The fourth-order valence-corrected chi connectivity index (χ4v) is 2.15. The molecule has 1 aromatic rings. The second-order valence-electron chi connectivity index (χ2n) is 4.09. The molecule has 96 valence electrons.